The molecule has 0 aromatic heterocycles. The Hall–Kier alpha value is -4.13. The second-order valence-corrected chi connectivity index (χ2v) is 9.40. The first kappa shape index (κ1) is 25.9. The lowest BCUT2D eigenvalue weighted by Gasteiger charge is -2.34. The van der Waals surface area contributed by atoms with Crippen LogP contribution >= 0.6 is 0 Å². The standard InChI is InChI=1S/C30H32N2O5/c1-19(2)21-11-14-24(15-12-21)32-28(33)18-25(30(32)35)31(20(3)22-9-7-6-8-10-22)29(34)23-13-16-26(36-4)27(17-23)37-5/h6-17,19-20,25H,18H2,1-5H3. The maximum absolute atomic E-state index is 14.0. The molecule has 3 aromatic rings. The SMILES string of the molecule is COc1ccc(C(=O)N(C2CC(=O)N(c3ccc(C(C)C)cc3)C2=O)C(C)c2ccccc2)cc1OC. The summed E-state index contributed by atoms with van der Waals surface area (Å²) in [7, 11) is 3.02. The maximum atomic E-state index is 14.0. The predicted octanol–water partition coefficient (Wildman–Crippen LogP) is 5.36. The quantitative estimate of drug-likeness (QED) is 0.389. The molecule has 1 fully saturated rings. The molecule has 0 saturated carbocycles. The van der Waals surface area contributed by atoms with Crippen LogP contribution in [0.1, 0.15) is 60.6 Å². The van der Waals surface area contributed by atoms with E-state index in [1.54, 1.807) is 30.3 Å². The summed E-state index contributed by atoms with van der Waals surface area (Å²) in [5.74, 6) is 0.0938. The third kappa shape index (κ3) is 5.07. The Kier molecular flexibility index (Phi) is 7.62. The number of ether oxygens (including phenoxy) is 2. The number of anilines is 1. The third-order valence-corrected chi connectivity index (χ3v) is 6.84. The van der Waals surface area contributed by atoms with Gasteiger partial charge in [-0.1, -0.05) is 56.3 Å². The summed E-state index contributed by atoms with van der Waals surface area (Å²) in [6.45, 7) is 6.03. The van der Waals surface area contributed by atoms with E-state index in [1.807, 2.05) is 49.4 Å². The highest BCUT2D eigenvalue weighted by molar-refractivity contribution is 6.23. The van der Waals surface area contributed by atoms with Crippen LogP contribution in [0.5, 0.6) is 11.5 Å². The van der Waals surface area contributed by atoms with Gasteiger partial charge in [0, 0.05) is 5.56 Å². The average Bonchev–Trinajstić information content (AvgIpc) is 3.21. The summed E-state index contributed by atoms with van der Waals surface area (Å²) in [6.07, 6.45) is -0.0963. The van der Waals surface area contributed by atoms with Gasteiger partial charge in [-0.25, -0.2) is 4.90 Å². The van der Waals surface area contributed by atoms with Crippen molar-refractivity contribution in [2.75, 3.05) is 19.1 Å². The van der Waals surface area contributed by atoms with Gasteiger partial charge in [0.05, 0.1) is 32.4 Å². The predicted molar refractivity (Wildman–Crippen MR) is 142 cm³/mol. The van der Waals surface area contributed by atoms with Crippen LogP contribution in [0.2, 0.25) is 0 Å². The summed E-state index contributed by atoms with van der Waals surface area (Å²) in [5, 5.41) is 0. The molecule has 7 heteroatoms. The van der Waals surface area contributed by atoms with Crippen molar-refractivity contribution in [2.24, 2.45) is 0 Å². The van der Waals surface area contributed by atoms with E-state index in [0.29, 0.717) is 28.7 Å². The molecule has 37 heavy (non-hydrogen) atoms. The maximum Gasteiger partial charge on any atom is 0.257 e. The lowest BCUT2D eigenvalue weighted by molar-refractivity contribution is -0.122. The van der Waals surface area contributed by atoms with Crippen LogP contribution < -0.4 is 14.4 Å². The molecule has 1 aliphatic heterocycles. The topological polar surface area (TPSA) is 76.2 Å². The molecular formula is C30H32N2O5. The number of rotatable bonds is 8. The van der Waals surface area contributed by atoms with E-state index < -0.39 is 18.0 Å². The number of carbonyl (C=O) groups is 3. The van der Waals surface area contributed by atoms with Gasteiger partial charge in [0.25, 0.3) is 11.8 Å². The van der Waals surface area contributed by atoms with Crippen molar-refractivity contribution in [1.29, 1.82) is 0 Å². The van der Waals surface area contributed by atoms with Gasteiger partial charge in [0.15, 0.2) is 11.5 Å². The number of methoxy groups -OCH3 is 2. The van der Waals surface area contributed by atoms with Crippen LogP contribution in [-0.4, -0.2) is 42.9 Å². The number of benzene rings is 3. The molecule has 1 aliphatic rings. The van der Waals surface area contributed by atoms with Gasteiger partial charge in [-0.05, 0) is 54.3 Å². The molecule has 0 N–H and O–H groups in total. The molecule has 0 aliphatic carbocycles. The zero-order valence-corrected chi connectivity index (χ0v) is 21.8. The van der Waals surface area contributed by atoms with Crippen molar-refractivity contribution in [3.63, 3.8) is 0 Å². The van der Waals surface area contributed by atoms with Gasteiger partial charge in [0.2, 0.25) is 5.91 Å². The molecule has 192 valence electrons. The Morgan fingerprint density at radius 2 is 1.51 bits per heavy atom. The van der Waals surface area contributed by atoms with E-state index in [0.717, 1.165) is 11.1 Å². The van der Waals surface area contributed by atoms with Gasteiger partial charge in [0.1, 0.15) is 6.04 Å². The molecule has 4 rings (SSSR count). The van der Waals surface area contributed by atoms with Crippen LogP contribution in [0, 0.1) is 0 Å². The molecule has 3 amide bonds. The number of hydrogen-bond donors (Lipinski definition) is 0. The van der Waals surface area contributed by atoms with Gasteiger partial charge in [-0.3, -0.25) is 14.4 Å². The largest absolute Gasteiger partial charge is 0.493 e. The van der Waals surface area contributed by atoms with Gasteiger partial charge >= 0.3 is 0 Å². The Morgan fingerprint density at radius 1 is 0.865 bits per heavy atom. The third-order valence-electron chi connectivity index (χ3n) is 6.84. The minimum Gasteiger partial charge on any atom is -0.493 e. The second-order valence-electron chi connectivity index (χ2n) is 9.40. The Morgan fingerprint density at radius 3 is 2.11 bits per heavy atom. The van der Waals surface area contributed by atoms with E-state index in [4.69, 9.17) is 9.47 Å². The Balaban J connectivity index is 1.73. The first-order valence-electron chi connectivity index (χ1n) is 12.3. The zero-order chi connectivity index (χ0) is 26.7. The van der Waals surface area contributed by atoms with Crippen LogP contribution in [-0.2, 0) is 9.59 Å². The highest BCUT2D eigenvalue weighted by Gasteiger charge is 2.46. The first-order valence-corrected chi connectivity index (χ1v) is 12.3. The van der Waals surface area contributed by atoms with Crippen molar-refractivity contribution in [2.45, 2.75) is 45.2 Å². The van der Waals surface area contributed by atoms with Crippen LogP contribution in [0.25, 0.3) is 0 Å². The number of hydrogen-bond acceptors (Lipinski definition) is 5. The molecule has 2 atom stereocenters. The fraction of sp³-hybridized carbons (Fsp3) is 0.300. The number of imide groups is 1. The summed E-state index contributed by atoms with van der Waals surface area (Å²) >= 11 is 0. The summed E-state index contributed by atoms with van der Waals surface area (Å²) < 4.78 is 10.7. The van der Waals surface area contributed by atoms with Crippen LogP contribution in [0.3, 0.4) is 0 Å². The molecule has 1 saturated heterocycles. The van der Waals surface area contributed by atoms with Crippen LogP contribution in [0.4, 0.5) is 5.69 Å². The highest BCUT2D eigenvalue weighted by Crippen LogP contribution is 2.34. The molecule has 0 radical (unpaired) electrons. The highest BCUT2D eigenvalue weighted by atomic mass is 16.5. The van der Waals surface area contributed by atoms with Crippen molar-refractivity contribution in [1.82, 2.24) is 4.90 Å². The fourth-order valence-electron chi connectivity index (χ4n) is 4.71. The minimum absolute atomic E-state index is 0.0963. The van der Waals surface area contributed by atoms with Crippen LogP contribution in [0.15, 0.2) is 72.8 Å². The Bertz CT molecular complexity index is 1290. The van der Waals surface area contributed by atoms with Gasteiger partial charge in [-0.15, -0.1) is 0 Å². The van der Waals surface area contributed by atoms with E-state index >= 15 is 0 Å². The zero-order valence-electron chi connectivity index (χ0n) is 21.8. The van der Waals surface area contributed by atoms with Gasteiger partial charge in [-0.2, -0.15) is 0 Å². The van der Waals surface area contributed by atoms with E-state index in [2.05, 4.69) is 13.8 Å². The van der Waals surface area contributed by atoms with Crippen molar-refractivity contribution >= 4 is 23.4 Å². The minimum atomic E-state index is -0.951. The monoisotopic (exact) mass is 500 g/mol. The smallest absolute Gasteiger partial charge is 0.257 e. The summed E-state index contributed by atoms with van der Waals surface area (Å²) in [5.41, 5.74) is 2.81. The summed E-state index contributed by atoms with van der Waals surface area (Å²) in [6, 6.07) is 20.4. The van der Waals surface area contributed by atoms with Crippen molar-refractivity contribution in [3.8, 4) is 11.5 Å². The molecule has 7 nitrogen and oxygen atoms in total. The average molecular weight is 501 g/mol. The number of nitrogens with zero attached hydrogens (tertiary/aromatic N) is 2. The molecule has 2 unspecified atom stereocenters. The Labute approximate surface area is 217 Å². The van der Waals surface area contributed by atoms with Crippen molar-refractivity contribution in [3.05, 3.63) is 89.5 Å². The molecule has 0 bridgehead atoms. The van der Waals surface area contributed by atoms with Crippen molar-refractivity contribution < 1.29 is 23.9 Å². The second kappa shape index (κ2) is 10.9. The lowest BCUT2D eigenvalue weighted by atomic mass is 10.0. The lowest BCUT2D eigenvalue weighted by Crippen LogP contribution is -2.46. The number of carbonyl (C=O) groups excluding carboxylic acids is 3. The summed E-state index contributed by atoms with van der Waals surface area (Å²) in [4.78, 5) is 43.6. The first-order chi connectivity index (χ1) is 17.8. The molecule has 0 spiro atoms. The molecule has 1 heterocycles. The normalized spacial score (nSPS) is 16.2. The fourth-order valence-corrected chi connectivity index (χ4v) is 4.71. The van der Waals surface area contributed by atoms with E-state index in [1.165, 1.54) is 24.0 Å². The van der Waals surface area contributed by atoms with E-state index in [9.17, 15) is 14.4 Å². The number of amides is 3. The molecule has 3 aromatic carbocycles. The van der Waals surface area contributed by atoms with Gasteiger partial charge < -0.3 is 14.4 Å². The molecular weight excluding hydrogens is 468 g/mol. The van der Waals surface area contributed by atoms with E-state index in [-0.39, 0.29) is 18.2 Å².